The van der Waals surface area contributed by atoms with Gasteiger partial charge >= 0.3 is 0 Å². The first-order valence-electron chi connectivity index (χ1n) is 7.46. The molecule has 2 N–H and O–H groups in total. The normalized spacial score (nSPS) is 11.1. The zero-order valence-electron chi connectivity index (χ0n) is 12.2. The van der Waals surface area contributed by atoms with Crippen LogP contribution in [0.4, 0.5) is 0 Å². The van der Waals surface area contributed by atoms with Crippen molar-refractivity contribution in [3.63, 3.8) is 0 Å². The maximum atomic E-state index is 11.7. The topological polar surface area (TPSA) is 57.8 Å². The molecule has 0 aliphatic rings. The first kappa shape index (κ1) is 14.9. The van der Waals surface area contributed by atoms with Gasteiger partial charge in [0.15, 0.2) is 0 Å². The minimum absolute atomic E-state index is 0.0472. The van der Waals surface area contributed by atoms with Crippen LogP contribution < -0.4 is 5.32 Å². The van der Waals surface area contributed by atoms with Gasteiger partial charge in [-0.15, -0.1) is 11.6 Å². The molecule has 1 aromatic carbocycles. The predicted octanol–water partition coefficient (Wildman–Crippen LogP) is 3.39. The number of benzene rings is 1. The Hall–Kier alpha value is -2.07. The fourth-order valence-corrected chi connectivity index (χ4v) is 2.69. The zero-order valence-corrected chi connectivity index (χ0v) is 13.0. The molecule has 22 heavy (non-hydrogen) atoms. The summed E-state index contributed by atoms with van der Waals surface area (Å²) in [7, 11) is 0. The van der Waals surface area contributed by atoms with Crippen LogP contribution in [0.3, 0.4) is 0 Å². The van der Waals surface area contributed by atoms with E-state index in [0.717, 1.165) is 28.5 Å². The van der Waals surface area contributed by atoms with E-state index in [9.17, 15) is 4.79 Å². The molecule has 0 radical (unpaired) electrons. The second-order valence-electron chi connectivity index (χ2n) is 5.28. The molecule has 3 aromatic rings. The number of aryl methyl sites for hydroxylation is 1. The molecular formula is C17H18ClN3O. The van der Waals surface area contributed by atoms with Crippen LogP contribution in [-0.4, -0.2) is 28.3 Å². The molecular weight excluding hydrogens is 298 g/mol. The van der Waals surface area contributed by atoms with E-state index in [0.29, 0.717) is 25.3 Å². The van der Waals surface area contributed by atoms with Crippen LogP contribution in [0.1, 0.15) is 18.5 Å². The number of hydrogen-bond donors (Lipinski definition) is 2. The summed E-state index contributed by atoms with van der Waals surface area (Å²) in [4.78, 5) is 19.5. The van der Waals surface area contributed by atoms with Gasteiger partial charge in [-0.1, -0.05) is 18.2 Å². The summed E-state index contributed by atoms with van der Waals surface area (Å²) < 4.78 is 0. The zero-order chi connectivity index (χ0) is 15.4. The van der Waals surface area contributed by atoms with Crippen molar-refractivity contribution in [3.8, 4) is 0 Å². The van der Waals surface area contributed by atoms with Crippen LogP contribution in [0.15, 0.2) is 36.5 Å². The Morgan fingerprint density at radius 1 is 1.23 bits per heavy atom. The molecule has 0 fully saturated rings. The number of nitrogens with zero attached hydrogens (tertiary/aromatic N) is 1. The van der Waals surface area contributed by atoms with Crippen LogP contribution in [0, 0.1) is 0 Å². The van der Waals surface area contributed by atoms with Crippen molar-refractivity contribution < 1.29 is 4.79 Å². The number of halogens is 1. The summed E-state index contributed by atoms with van der Waals surface area (Å²) in [6, 6.07) is 10.3. The van der Waals surface area contributed by atoms with Gasteiger partial charge in [0.1, 0.15) is 0 Å². The fraction of sp³-hybridized carbons (Fsp3) is 0.294. The van der Waals surface area contributed by atoms with Crippen molar-refractivity contribution in [1.29, 1.82) is 0 Å². The molecule has 2 aromatic heterocycles. The lowest BCUT2D eigenvalue weighted by Gasteiger charge is -2.04. The van der Waals surface area contributed by atoms with Gasteiger partial charge in [-0.05, 0) is 25.0 Å². The number of aromatic amines is 1. The molecule has 0 aliphatic carbocycles. The third-order valence-corrected chi connectivity index (χ3v) is 3.96. The number of nitrogens with one attached hydrogen (secondary N) is 2. The van der Waals surface area contributed by atoms with Gasteiger partial charge in [0.05, 0.1) is 11.7 Å². The maximum absolute atomic E-state index is 11.7. The highest BCUT2D eigenvalue weighted by Gasteiger charge is 2.07. The van der Waals surface area contributed by atoms with Crippen molar-refractivity contribution in [2.45, 2.75) is 19.3 Å². The van der Waals surface area contributed by atoms with E-state index in [1.165, 1.54) is 5.39 Å². The number of amides is 1. The molecule has 0 aliphatic heterocycles. The quantitative estimate of drug-likeness (QED) is 0.541. The molecule has 5 heteroatoms. The Morgan fingerprint density at radius 3 is 2.95 bits per heavy atom. The highest BCUT2D eigenvalue weighted by Crippen LogP contribution is 2.25. The maximum Gasteiger partial charge on any atom is 0.220 e. The minimum atomic E-state index is 0.0472. The Balaban J connectivity index is 1.72. The van der Waals surface area contributed by atoms with E-state index < -0.39 is 0 Å². The van der Waals surface area contributed by atoms with Crippen LogP contribution in [0.2, 0.25) is 0 Å². The van der Waals surface area contributed by atoms with Gasteiger partial charge in [-0.3, -0.25) is 9.78 Å². The molecule has 0 saturated heterocycles. The number of rotatable bonds is 6. The van der Waals surface area contributed by atoms with Crippen LogP contribution in [0.5, 0.6) is 0 Å². The largest absolute Gasteiger partial charge is 0.356 e. The van der Waals surface area contributed by atoms with E-state index in [-0.39, 0.29) is 5.91 Å². The number of alkyl halides is 1. The second kappa shape index (κ2) is 6.79. The highest BCUT2D eigenvalue weighted by atomic mass is 35.5. The van der Waals surface area contributed by atoms with Crippen molar-refractivity contribution in [2.75, 3.05) is 12.4 Å². The Kier molecular flexibility index (Phi) is 4.59. The molecule has 3 rings (SSSR count). The number of pyridine rings is 1. The number of carbonyl (C=O) groups is 1. The number of fused-ring (bicyclic) bond motifs is 3. The summed E-state index contributed by atoms with van der Waals surface area (Å²) in [5.74, 6) is 0.616. The number of carbonyl (C=O) groups excluding carboxylic acids is 1. The predicted molar refractivity (Wildman–Crippen MR) is 90.3 cm³/mol. The standard InChI is InChI=1S/C17H18ClN3O/c18-8-3-9-19-17(22)7-6-12-10-14-13-4-1-2-5-15(13)21-16(14)11-20-12/h1-2,4-5,10-11,21H,3,6-9H2,(H,19,22). The molecule has 2 heterocycles. The average molecular weight is 316 g/mol. The summed E-state index contributed by atoms with van der Waals surface area (Å²) in [5.41, 5.74) is 3.07. The van der Waals surface area contributed by atoms with Gasteiger partial charge in [0.25, 0.3) is 0 Å². The first-order valence-corrected chi connectivity index (χ1v) is 7.99. The van der Waals surface area contributed by atoms with Gasteiger partial charge in [0.2, 0.25) is 5.91 Å². The molecule has 0 bridgehead atoms. The van der Waals surface area contributed by atoms with Gasteiger partial charge < -0.3 is 10.3 Å². The molecule has 4 nitrogen and oxygen atoms in total. The van der Waals surface area contributed by atoms with Gasteiger partial charge in [-0.25, -0.2) is 0 Å². The Morgan fingerprint density at radius 2 is 2.09 bits per heavy atom. The fourth-order valence-electron chi connectivity index (χ4n) is 2.55. The van der Waals surface area contributed by atoms with E-state index in [1.807, 2.05) is 18.3 Å². The molecule has 1 amide bonds. The second-order valence-corrected chi connectivity index (χ2v) is 5.66. The number of aromatic nitrogens is 2. The van der Waals surface area contributed by atoms with Crippen molar-refractivity contribution in [1.82, 2.24) is 15.3 Å². The third kappa shape index (κ3) is 3.22. The van der Waals surface area contributed by atoms with E-state index in [4.69, 9.17) is 11.6 Å². The lowest BCUT2D eigenvalue weighted by atomic mass is 10.1. The van der Waals surface area contributed by atoms with Crippen LogP contribution in [-0.2, 0) is 11.2 Å². The van der Waals surface area contributed by atoms with E-state index >= 15 is 0 Å². The molecule has 0 saturated carbocycles. The summed E-state index contributed by atoms with van der Waals surface area (Å²) in [5, 5.41) is 5.20. The third-order valence-electron chi connectivity index (χ3n) is 3.69. The van der Waals surface area contributed by atoms with Gasteiger partial charge in [0, 0.05) is 40.8 Å². The van der Waals surface area contributed by atoms with Crippen molar-refractivity contribution in [3.05, 3.63) is 42.2 Å². The van der Waals surface area contributed by atoms with Gasteiger partial charge in [-0.2, -0.15) is 0 Å². The molecule has 0 atom stereocenters. The number of hydrogen-bond acceptors (Lipinski definition) is 2. The smallest absolute Gasteiger partial charge is 0.220 e. The summed E-state index contributed by atoms with van der Waals surface area (Å²) in [6.45, 7) is 0.636. The van der Waals surface area contributed by atoms with E-state index in [1.54, 1.807) is 0 Å². The SMILES string of the molecule is O=C(CCc1cc2c(cn1)[nH]c1ccccc12)NCCCCl. The summed E-state index contributed by atoms with van der Waals surface area (Å²) >= 11 is 5.59. The average Bonchev–Trinajstić information content (AvgIpc) is 2.91. The van der Waals surface area contributed by atoms with Crippen molar-refractivity contribution >= 4 is 39.3 Å². The van der Waals surface area contributed by atoms with Crippen molar-refractivity contribution in [2.24, 2.45) is 0 Å². The monoisotopic (exact) mass is 315 g/mol. The first-order chi connectivity index (χ1) is 10.8. The lowest BCUT2D eigenvalue weighted by molar-refractivity contribution is -0.121. The lowest BCUT2D eigenvalue weighted by Crippen LogP contribution is -2.24. The van der Waals surface area contributed by atoms with Crippen LogP contribution in [0.25, 0.3) is 21.8 Å². The van der Waals surface area contributed by atoms with Crippen LogP contribution >= 0.6 is 11.6 Å². The van der Waals surface area contributed by atoms with E-state index in [2.05, 4.69) is 33.5 Å². The minimum Gasteiger partial charge on any atom is -0.356 e. The Labute approximate surface area is 133 Å². The molecule has 0 unspecified atom stereocenters. The number of H-pyrrole nitrogens is 1. The number of para-hydroxylation sites is 1. The molecule has 114 valence electrons. The molecule has 0 spiro atoms. The Bertz CT molecular complexity index is 797. The highest BCUT2D eigenvalue weighted by molar-refractivity contribution is 6.17. The summed E-state index contributed by atoms with van der Waals surface area (Å²) in [6.07, 6.45) is 3.73.